The molecule has 27 heavy (non-hydrogen) atoms. The van der Waals surface area contributed by atoms with E-state index < -0.39 is 10.0 Å². The van der Waals surface area contributed by atoms with Gasteiger partial charge in [0.05, 0.1) is 12.0 Å². The van der Waals surface area contributed by atoms with E-state index in [9.17, 15) is 8.42 Å². The Bertz CT molecular complexity index is 801. The molecule has 2 aromatic rings. The van der Waals surface area contributed by atoms with Crippen LogP contribution in [0.5, 0.6) is 0 Å². The van der Waals surface area contributed by atoms with E-state index in [0.717, 1.165) is 12.5 Å². The Hall–Kier alpha value is -1.67. The minimum absolute atomic E-state index is 0. The molecule has 1 saturated heterocycles. The van der Waals surface area contributed by atoms with Crippen molar-refractivity contribution in [2.24, 2.45) is 4.99 Å². The SMILES string of the molecule is CN=C(NCCn1ccnc1)N1CCN(S(=O)(=O)Cc2ccon2)CC1.I. The zero-order chi connectivity index (χ0) is 18.4. The van der Waals surface area contributed by atoms with Crippen LogP contribution in [0.2, 0.25) is 0 Å². The van der Waals surface area contributed by atoms with Crippen molar-refractivity contribution in [2.75, 3.05) is 39.8 Å². The summed E-state index contributed by atoms with van der Waals surface area (Å²) < 4.78 is 33.1. The Labute approximate surface area is 175 Å². The number of nitrogens with zero attached hydrogens (tertiary/aromatic N) is 6. The maximum Gasteiger partial charge on any atom is 0.220 e. The largest absolute Gasteiger partial charge is 0.364 e. The summed E-state index contributed by atoms with van der Waals surface area (Å²) >= 11 is 0. The Morgan fingerprint density at radius 2 is 2.11 bits per heavy atom. The summed E-state index contributed by atoms with van der Waals surface area (Å²) in [5, 5.41) is 6.99. The van der Waals surface area contributed by atoms with Gasteiger partial charge >= 0.3 is 0 Å². The number of hydrogen-bond donors (Lipinski definition) is 1. The molecular formula is C15H24IN7O3S. The van der Waals surface area contributed by atoms with E-state index in [1.165, 1.54) is 10.6 Å². The van der Waals surface area contributed by atoms with Crippen LogP contribution in [0.15, 0.2) is 40.6 Å². The zero-order valence-corrected chi connectivity index (χ0v) is 18.2. The number of rotatable bonds is 6. The lowest BCUT2D eigenvalue weighted by atomic mass is 10.4. The predicted molar refractivity (Wildman–Crippen MR) is 111 cm³/mol. The zero-order valence-electron chi connectivity index (χ0n) is 15.1. The maximum absolute atomic E-state index is 12.5. The first-order valence-corrected chi connectivity index (χ1v) is 9.98. The molecule has 3 rings (SSSR count). The molecule has 150 valence electrons. The third kappa shape index (κ3) is 5.90. The van der Waals surface area contributed by atoms with Crippen LogP contribution in [0.4, 0.5) is 0 Å². The number of aromatic nitrogens is 3. The molecule has 0 spiro atoms. The van der Waals surface area contributed by atoms with Gasteiger partial charge in [0.25, 0.3) is 0 Å². The summed E-state index contributed by atoms with van der Waals surface area (Å²) in [5.41, 5.74) is 0.421. The number of halogens is 1. The molecule has 2 aromatic heterocycles. The van der Waals surface area contributed by atoms with Crippen molar-refractivity contribution >= 4 is 40.0 Å². The molecule has 0 amide bonds. The minimum Gasteiger partial charge on any atom is -0.364 e. The Morgan fingerprint density at radius 1 is 1.33 bits per heavy atom. The monoisotopic (exact) mass is 509 g/mol. The van der Waals surface area contributed by atoms with Gasteiger partial charge in [-0.3, -0.25) is 4.99 Å². The number of nitrogens with one attached hydrogen (secondary N) is 1. The molecule has 12 heteroatoms. The van der Waals surface area contributed by atoms with E-state index in [4.69, 9.17) is 4.52 Å². The second-order valence-corrected chi connectivity index (χ2v) is 7.88. The average Bonchev–Trinajstić information content (AvgIpc) is 3.33. The van der Waals surface area contributed by atoms with Crippen molar-refractivity contribution in [1.82, 2.24) is 29.2 Å². The molecule has 10 nitrogen and oxygen atoms in total. The fourth-order valence-corrected chi connectivity index (χ4v) is 4.24. The van der Waals surface area contributed by atoms with Gasteiger partial charge in [0, 0.05) is 64.8 Å². The summed E-state index contributed by atoms with van der Waals surface area (Å²) in [7, 11) is -1.67. The lowest BCUT2D eigenvalue weighted by molar-refractivity contribution is 0.259. The molecule has 0 unspecified atom stereocenters. The summed E-state index contributed by atoms with van der Waals surface area (Å²) in [5.74, 6) is 0.639. The molecule has 0 atom stereocenters. The van der Waals surface area contributed by atoms with Crippen LogP contribution in [-0.4, -0.2) is 78.1 Å². The summed E-state index contributed by atoms with van der Waals surface area (Å²) in [6.45, 7) is 3.51. The van der Waals surface area contributed by atoms with Crippen LogP contribution in [0, 0.1) is 0 Å². The van der Waals surface area contributed by atoms with Gasteiger partial charge in [-0.1, -0.05) is 5.16 Å². The molecule has 0 bridgehead atoms. The molecule has 1 fully saturated rings. The van der Waals surface area contributed by atoms with Crippen LogP contribution in [0.1, 0.15) is 5.69 Å². The second-order valence-electron chi connectivity index (χ2n) is 5.91. The highest BCUT2D eigenvalue weighted by atomic mass is 127. The lowest BCUT2D eigenvalue weighted by Crippen LogP contribution is -2.54. The van der Waals surface area contributed by atoms with E-state index in [-0.39, 0.29) is 29.7 Å². The van der Waals surface area contributed by atoms with Crippen LogP contribution in [0.3, 0.4) is 0 Å². The van der Waals surface area contributed by atoms with Gasteiger partial charge in [-0.15, -0.1) is 24.0 Å². The Kier molecular flexibility index (Phi) is 8.04. The first-order chi connectivity index (χ1) is 12.6. The fraction of sp³-hybridized carbons (Fsp3) is 0.533. The van der Waals surface area contributed by atoms with Crippen LogP contribution in [-0.2, 0) is 22.3 Å². The third-order valence-corrected chi connectivity index (χ3v) is 5.99. The number of aliphatic imine (C=N–C) groups is 1. The summed E-state index contributed by atoms with van der Waals surface area (Å²) in [6, 6.07) is 1.57. The van der Waals surface area contributed by atoms with E-state index >= 15 is 0 Å². The van der Waals surface area contributed by atoms with Gasteiger partial charge < -0.3 is 19.3 Å². The van der Waals surface area contributed by atoms with Crippen molar-refractivity contribution < 1.29 is 12.9 Å². The second kappa shape index (κ2) is 10.0. The Balaban J connectivity index is 0.00000261. The molecule has 0 aliphatic carbocycles. The molecule has 0 aromatic carbocycles. The number of guanidine groups is 1. The number of imidazole rings is 1. The molecule has 3 heterocycles. The highest BCUT2D eigenvalue weighted by molar-refractivity contribution is 14.0. The first kappa shape index (κ1) is 21.6. The van der Waals surface area contributed by atoms with Gasteiger partial charge in [-0.25, -0.2) is 13.4 Å². The fourth-order valence-electron chi connectivity index (χ4n) is 2.82. The predicted octanol–water partition coefficient (Wildman–Crippen LogP) is 0.212. The minimum atomic E-state index is -3.40. The highest BCUT2D eigenvalue weighted by Gasteiger charge is 2.28. The smallest absolute Gasteiger partial charge is 0.220 e. The number of piperazine rings is 1. The van der Waals surface area contributed by atoms with E-state index in [0.29, 0.717) is 38.4 Å². The van der Waals surface area contributed by atoms with Crippen molar-refractivity contribution in [3.8, 4) is 0 Å². The van der Waals surface area contributed by atoms with Crippen molar-refractivity contribution in [1.29, 1.82) is 0 Å². The molecular weight excluding hydrogens is 485 g/mol. The van der Waals surface area contributed by atoms with Gasteiger partial charge in [0.1, 0.15) is 12.0 Å². The Morgan fingerprint density at radius 3 is 2.70 bits per heavy atom. The topological polar surface area (TPSA) is 109 Å². The average molecular weight is 509 g/mol. The standard InChI is InChI=1S/C15H23N7O3S.HI/c1-16-15(18-4-6-20-5-3-17-13-20)21-7-9-22(10-8-21)26(23,24)12-14-2-11-25-19-14;/h2-3,5,11,13H,4,6-10,12H2,1H3,(H,16,18);1H. The van der Waals surface area contributed by atoms with Gasteiger partial charge in [-0.2, -0.15) is 4.31 Å². The lowest BCUT2D eigenvalue weighted by Gasteiger charge is -2.35. The van der Waals surface area contributed by atoms with E-state index in [1.54, 1.807) is 25.6 Å². The van der Waals surface area contributed by atoms with Crippen LogP contribution < -0.4 is 5.32 Å². The van der Waals surface area contributed by atoms with Crippen LogP contribution >= 0.6 is 24.0 Å². The van der Waals surface area contributed by atoms with Crippen molar-refractivity contribution in [3.05, 3.63) is 36.7 Å². The molecule has 0 radical (unpaired) electrons. The molecule has 0 saturated carbocycles. The van der Waals surface area contributed by atoms with Crippen molar-refractivity contribution in [3.63, 3.8) is 0 Å². The van der Waals surface area contributed by atoms with Crippen molar-refractivity contribution in [2.45, 2.75) is 12.3 Å². The normalized spacial score (nSPS) is 16.2. The van der Waals surface area contributed by atoms with Gasteiger partial charge in [0.15, 0.2) is 5.96 Å². The van der Waals surface area contributed by atoms with E-state index in [1.807, 2.05) is 10.8 Å². The molecule has 1 aliphatic rings. The number of sulfonamides is 1. The highest BCUT2D eigenvalue weighted by Crippen LogP contribution is 2.12. The van der Waals surface area contributed by atoms with E-state index in [2.05, 4.69) is 25.3 Å². The first-order valence-electron chi connectivity index (χ1n) is 8.37. The third-order valence-electron chi connectivity index (χ3n) is 4.18. The van der Waals surface area contributed by atoms with Gasteiger partial charge in [-0.05, 0) is 0 Å². The van der Waals surface area contributed by atoms with Crippen LogP contribution in [0.25, 0.3) is 0 Å². The molecule has 1 aliphatic heterocycles. The summed E-state index contributed by atoms with van der Waals surface area (Å²) in [4.78, 5) is 10.4. The van der Waals surface area contributed by atoms with Gasteiger partial charge in [0.2, 0.25) is 10.0 Å². The quantitative estimate of drug-likeness (QED) is 0.337. The maximum atomic E-state index is 12.5. The molecule has 1 N–H and O–H groups in total. The number of hydrogen-bond acceptors (Lipinski definition) is 6. The summed E-state index contributed by atoms with van der Waals surface area (Å²) in [6.07, 6.45) is 6.79.